The van der Waals surface area contributed by atoms with Crippen LogP contribution in [0.4, 0.5) is 19.0 Å². The van der Waals surface area contributed by atoms with Crippen molar-refractivity contribution in [2.45, 2.75) is 12.7 Å². The lowest BCUT2D eigenvalue weighted by Crippen LogP contribution is -2.06. The molecule has 2 N–H and O–H groups in total. The van der Waals surface area contributed by atoms with Crippen LogP contribution in [0.1, 0.15) is 11.1 Å². The molecule has 2 aromatic heterocycles. The third-order valence-electron chi connectivity index (χ3n) is 4.32. The number of aromatic hydroxyl groups is 1. The van der Waals surface area contributed by atoms with Crippen molar-refractivity contribution in [1.82, 2.24) is 15.0 Å². The number of hydrogen-bond acceptors (Lipinski definition) is 5. The molecule has 0 aliphatic carbocycles. The van der Waals surface area contributed by atoms with Crippen LogP contribution in [-0.4, -0.2) is 20.1 Å². The van der Waals surface area contributed by atoms with Crippen LogP contribution >= 0.6 is 0 Å². The van der Waals surface area contributed by atoms with Gasteiger partial charge in [0.2, 0.25) is 0 Å². The van der Waals surface area contributed by atoms with Gasteiger partial charge >= 0.3 is 6.18 Å². The second-order valence-corrected chi connectivity index (χ2v) is 6.39. The number of nitrogens with zero attached hydrogens (tertiary/aromatic N) is 3. The lowest BCUT2D eigenvalue weighted by atomic mass is 10.1. The molecule has 146 valence electrons. The third-order valence-corrected chi connectivity index (χ3v) is 4.32. The Bertz CT molecular complexity index is 1140. The summed E-state index contributed by atoms with van der Waals surface area (Å²) in [6.07, 6.45) is -2.72. The lowest BCUT2D eigenvalue weighted by Gasteiger charge is -2.09. The number of phenolic OH excluding ortho intramolecular Hbond substituents is 1. The summed E-state index contributed by atoms with van der Waals surface area (Å²) in [5.74, 6) is 0.699. The maximum absolute atomic E-state index is 12.6. The van der Waals surface area contributed by atoms with Crippen LogP contribution in [0.25, 0.3) is 22.4 Å². The molecule has 0 fully saturated rings. The molecule has 5 nitrogen and oxygen atoms in total. The number of hydrogen-bond donors (Lipinski definition) is 2. The number of alkyl halides is 3. The minimum absolute atomic E-state index is 0.162. The monoisotopic (exact) mass is 396 g/mol. The number of anilines is 1. The fourth-order valence-corrected chi connectivity index (χ4v) is 2.77. The average Bonchev–Trinajstić information content (AvgIpc) is 2.72. The van der Waals surface area contributed by atoms with Crippen molar-refractivity contribution in [2.24, 2.45) is 0 Å². The van der Waals surface area contributed by atoms with Gasteiger partial charge in [0.25, 0.3) is 0 Å². The Morgan fingerprint density at radius 2 is 1.59 bits per heavy atom. The number of halogens is 3. The number of phenols is 1. The Morgan fingerprint density at radius 3 is 2.28 bits per heavy atom. The topological polar surface area (TPSA) is 70.9 Å². The zero-order valence-electron chi connectivity index (χ0n) is 15.0. The smallest absolute Gasteiger partial charge is 0.416 e. The van der Waals surface area contributed by atoms with E-state index in [1.807, 2.05) is 0 Å². The van der Waals surface area contributed by atoms with Crippen LogP contribution in [0, 0.1) is 0 Å². The van der Waals surface area contributed by atoms with Crippen molar-refractivity contribution in [1.29, 1.82) is 0 Å². The Balaban J connectivity index is 1.52. The van der Waals surface area contributed by atoms with Gasteiger partial charge in [0.05, 0.1) is 17.5 Å². The summed E-state index contributed by atoms with van der Waals surface area (Å²) in [5, 5.41) is 12.5. The highest BCUT2D eigenvalue weighted by Gasteiger charge is 2.29. The van der Waals surface area contributed by atoms with Gasteiger partial charge in [0.15, 0.2) is 5.65 Å². The van der Waals surface area contributed by atoms with Crippen LogP contribution in [0.2, 0.25) is 0 Å². The van der Waals surface area contributed by atoms with Gasteiger partial charge in [0.1, 0.15) is 17.1 Å². The molecule has 0 amide bonds. The average molecular weight is 396 g/mol. The maximum atomic E-state index is 12.6. The van der Waals surface area contributed by atoms with Crippen molar-refractivity contribution in [2.75, 3.05) is 5.32 Å². The Morgan fingerprint density at radius 1 is 0.862 bits per heavy atom. The minimum atomic E-state index is -4.35. The fourth-order valence-electron chi connectivity index (χ4n) is 2.77. The molecule has 29 heavy (non-hydrogen) atoms. The van der Waals surface area contributed by atoms with Crippen molar-refractivity contribution in [3.63, 3.8) is 0 Å². The molecular formula is C21H15F3N4O. The van der Waals surface area contributed by atoms with Gasteiger partial charge in [-0.15, -0.1) is 0 Å². The second-order valence-electron chi connectivity index (χ2n) is 6.39. The Labute approximate surface area is 163 Å². The molecule has 0 bridgehead atoms. The standard InChI is InChI=1S/C21H15F3N4O/c22-21(23,24)15-5-1-13(2-6-15)11-26-19-10-9-17-20(28-19)27-18(12-25-17)14-3-7-16(29)8-4-14/h1-10,12,29H,11H2,(H,26,27,28). The summed E-state index contributed by atoms with van der Waals surface area (Å²) < 4.78 is 37.9. The first-order chi connectivity index (χ1) is 13.9. The Kier molecular flexibility index (Phi) is 4.75. The first-order valence-electron chi connectivity index (χ1n) is 8.72. The van der Waals surface area contributed by atoms with Crippen LogP contribution in [0.5, 0.6) is 5.75 Å². The largest absolute Gasteiger partial charge is 0.508 e. The lowest BCUT2D eigenvalue weighted by molar-refractivity contribution is -0.137. The van der Waals surface area contributed by atoms with Crippen LogP contribution < -0.4 is 5.32 Å². The van der Waals surface area contributed by atoms with Gasteiger partial charge in [-0.05, 0) is 54.1 Å². The van der Waals surface area contributed by atoms with Crippen molar-refractivity contribution < 1.29 is 18.3 Å². The van der Waals surface area contributed by atoms with Crippen LogP contribution in [-0.2, 0) is 12.7 Å². The first kappa shape index (κ1) is 18.7. The van der Waals surface area contributed by atoms with E-state index in [9.17, 15) is 18.3 Å². The molecule has 4 aromatic rings. The van der Waals surface area contributed by atoms with Gasteiger partial charge in [-0.3, -0.25) is 4.98 Å². The van der Waals surface area contributed by atoms with E-state index < -0.39 is 11.7 Å². The zero-order valence-corrected chi connectivity index (χ0v) is 15.0. The summed E-state index contributed by atoms with van der Waals surface area (Å²) in [4.78, 5) is 13.3. The highest BCUT2D eigenvalue weighted by Crippen LogP contribution is 2.29. The van der Waals surface area contributed by atoms with E-state index in [0.717, 1.165) is 17.7 Å². The number of fused-ring (bicyclic) bond motifs is 1. The molecule has 0 aliphatic rings. The number of benzene rings is 2. The quantitative estimate of drug-likeness (QED) is 0.506. The SMILES string of the molecule is Oc1ccc(-c2cnc3ccc(NCc4ccc(C(F)(F)F)cc4)nc3n2)cc1. The normalized spacial score (nSPS) is 11.6. The van der Waals surface area contributed by atoms with E-state index in [2.05, 4.69) is 20.3 Å². The summed E-state index contributed by atoms with van der Waals surface area (Å²) in [5.41, 5.74) is 2.48. The van der Waals surface area contributed by atoms with Gasteiger partial charge in [-0.2, -0.15) is 13.2 Å². The number of aromatic nitrogens is 3. The number of rotatable bonds is 4. The Hall–Kier alpha value is -3.68. The first-order valence-corrected chi connectivity index (χ1v) is 8.72. The second kappa shape index (κ2) is 7.38. The highest BCUT2D eigenvalue weighted by molar-refractivity contribution is 5.75. The van der Waals surface area contributed by atoms with E-state index >= 15 is 0 Å². The molecule has 0 aliphatic heterocycles. The van der Waals surface area contributed by atoms with E-state index in [4.69, 9.17) is 0 Å². The number of nitrogens with one attached hydrogen (secondary N) is 1. The van der Waals surface area contributed by atoms with Crippen molar-refractivity contribution in [3.05, 3.63) is 78.0 Å². The molecule has 0 atom stereocenters. The van der Waals surface area contributed by atoms with Crippen LogP contribution in [0.3, 0.4) is 0 Å². The zero-order chi connectivity index (χ0) is 20.4. The van der Waals surface area contributed by atoms with E-state index in [-0.39, 0.29) is 5.75 Å². The fraction of sp³-hybridized carbons (Fsp3) is 0.0952. The molecule has 0 radical (unpaired) electrons. The number of pyridine rings is 1. The predicted octanol–water partition coefficient (Wildman–Crippen LogP) is 5.03. The molecule has 2 aromatic carbocycles. The van der Waals surface area contributed by atoms with E-state index in [1.165, 1.54) is 12.1 Å². The minimum Gasteiger partial charge on any atom is -0.508 e. The van der Waals surface area contributed by atoms with Crippen LogP contribution in [0.15, 0.2) is 66.9 Å². The summed E-state index contributed by atoms with van der Waals surface area (Å²) in [6.45, 7) is 0.321. The van der Waals surface area contributed by atoms with Gasteiger partial charge in [0, 0.05) is 12.1 Å². The molecular weight excluding hydrogens is 381 g/mol. The molecule has 0 saturated heterocycles. The van der Waals surface area contributed by atoms with Gasteiger partial charge < -0.3 is 10.4 Å². The molecule has 0 unspecified atom stereocenters. The summed E-state index contributed by atoms with van der Waals surface area (Å²) in [7, 11) is 0. The van der Waals surface area contributed by atoms with E-state index in [0.29, 0.717) is 34.8 Å². The predicted molar refractivity (Wildman–Crippen MR) is 103 cm³/mol. The molecule has 4 rings (SSSR count). The molecule has 0 saturated carbocycles. The summed E-state index contributed by atoms with van der Waals surface area (Å²) >= 11 is 0. The molecule has 2 heterocycles. The third kappa shape index (κ3) is 4.26. The van der Waals surface area contributed by atoms with Crippen molar-refractivity contribution in [3.8, 4) is 17.0 Å². The van der Waals surface area contributed by atoms with Crippen molar-refractivity contribution >= 4 is 17.0 Å². The van der Waals surface area contributed by atoms with E-state index in [1.54, 1.807) is 42.6 Å². The van der Waals surface area contributed by atoms with Gasteiger partial charge in [-0.1, -0.05) is 12.1 Å². The molecule has 8 heteroatoms. The van der Waals surface area contributed by atoms with Gasteiger partial charge in [-0.25, -0.2) is 9.97 Å². The highest BCUT2D eigenvalue weighted by atomic mass is 19.4. The maximum Gasteiger partial charge on any atom is 0.416 e. The molecule has 0 spiro atoms. The summed E-state index contributed by atoms with van der Waals surface area (Å²) in [6, 6.07) is 15.1.